The van der Waals surface area contributed by atoms with Crippen molar-refractivity contribution >= 4 is 316 Å². The number of carbonyl (C=O) groups excluding carboxylic acids is 5. The summed E-state index contributed by atoms with van der Waals surface area (Å²) in [4.78, 5) is 68.0. The average molecular weight is 3020 g/mol. The molecular formula is C91H59F12I9O19S6. The first-order valence-electron chi connectivity index (χ1n) is 38.7. The fourth-order valence-electron chi connectivity index (χ4n) is 14.0. The maximum Gasteiger partial charge on any atom is 0.429 e. The topological polar surface area (TPSA) is 303 Å². The second-order valence-electron chi connectivity index (χ2n) is 29.0. The lowest BCUT2D eigenvalue weighted by atomic mass is 9.78. The molecule has 0 radical (unpaired) electrons. The molecule has 1 saturated heterocycles. The third-order valence-electron chi connectivity index (χ3n) is 19.9. The van der Waals surface area contributed by atoms with Gasteiger partial charge in [0, 0.05) is 76.3 Å². The van der Waals surface area contributed by atoms with Crippen LogP contribution in [0.2, 0.25) is 0 Å². The molecule has 8 unspecified atom stereocenters. The Kier molecular flexibility index (Phi) is 39.1. The number of esters is 5. The third-order valence-corrected chi connectivity index (χ3v) is 38.8. The number of fused-ring (bicyclic) bond motifs is 4. The van der Waals surface area contributed by atoms with E-state index in [0.29, 0.717) is 33.2 Å². The van der Waals surface area contributed by atoms with E-state index in [1.807, 2.05) is 180 Å². The highest BCUT2D eigenvalue weighted by Crippen LogP contribution is 2.60. The average Bonchev–Trinajstić information content (AvgIpc) is 1.54. The molecule has 19 nitrogen and oxygen atoms in total. The van der Waals surface area contributed by atoms with Crippen molar-refractivity contribution in [2.75, 3.05) is 5.75 Å². The minimum absolute atomic E-state index is 0.0594. The van der Waals surface area contributed by atoms with Crippen LogP contribution in [0.3, 0.4) is 0 Å². The Morgan fingerprint density at radius 2 is 0.847 bits per heavy atom. The number of alkyl halides is 7. The Balaban J connectivity index is 0.000000160. The van der Waals surface area contributed by atoms with Crippen LogP contribution in [0.25, 0.3) is 25.1 Å². The highest BCUT2D eigenvalue weighted by Gasteiger charge is 2.71. The number of thiophene rings is 1. The van der Waals surface area contributed by atoms with Gasteiger partial charge in [-0.3, -0.25) is 9.59 Å². The lowest BCUT2D eigenvalue weighted by Gasteiger charge is -2.32. The quantitative estimate of drug-likeness (QED) is 0.0100. The van der Waals surface area contributed by atoms with Gasteiger partial charge in [-0.1, -0.05) is 78.9 Å². The zero-order valence-electron chi connectivity index (χ0n) is 68.6. The van der Waals surface area contributed by atoms with E-state index in [2.05, 4.69) is 116 Å². The van der Waals surface area contributed by atoms with Gasteiger partial charge >= 0.3 is 46.5 Å². The predicted octanol–water partition coefficient (Wildman–Crippen LogP) is 24.6. The molecule has 1 aromatic heterocycles. The van der Waals surface area contributed by atoms with Crippen LogP contribution in [0.4, 0.5) is 52.7 Å². The summed E-state index contributed by atoms with van der Waals surface area (Å²) in [7, 11) is -18.4. The van der Waals surface area contributed by atoms with Gasteiger partial charge in [0.15, 0.2) is 75.8 Å². The van der Waals surface area contributed by atoms with E-state index in [1.165, 1.54) is 91.8 Å². The summed E-state index contributed by atoms with van der Waals surface area (Å²) in [5.41, 5.74) is 0.156. The van der Waals surface area contributed by atoms with Crippen LogP contribution in [0.1, 0.15) is 34.1 Å². The van der Waals surface area contributed by atoms with Crippen molar-refractivity contribution in [1.82, 2.24) is 0 Å². The molecule has 2 saturated carbocycles. The van der Waals surface area contributed by atoms with Gasteiger partial charge in [0.2, 0.25) is 6.10 Å². The van der Waals surface area contributed by atoms with Gasteiger partial charge in [0.25, 0.3) is 0 Å². The number of benzene rings is 12. The Morgan fingerprint density at radius 1 is 0.460 bits per heavy atom. The van der Waals surface area contributed by atoms with E-state index in [-0.39, 0.29) is 51.2 Å². The Bertz CT molecular complexity index is 6770. The second kappa shape index (κ2) is 47.9. The third kappa shape index (κ3) is 28.3. The van der Waals surface area contributed by atoms with Crippen molar-refractivity contribution < 1.29 is 139 Å². The van der Waals surface area contributed by atoms with Gasteiger partial charge in [-0.2, -0.15) is 30.7 Å². The summed E-state index contributed by atoms with van der Waals surface area (Å²) in [6.07, 6.45) is -12.3. The smallest absolute Gasteiger partial charge is 0.429 e. The van der Waals surface area contributed by atoms with E-state index in [9.17, 15) is 116 Å². The van der Waals surface area contributed by atoms with E-state index >= 15 is 0 Å². The summed E-state index contributed by atoms with van der Waals surface area (Å²) < 4.78 is 286. The van der Waals surface area contributed by atoms with E-state index in [4.69, 9.17) is 9.47 Å². The molecule has 1 aliphatic heterocycles. The van der Waals surface area contributed by atoms with Crippen molar-refractivity contribution in [3.63, 3.8) is 0 Å². The maximum absolute atomic E-state index is 13.8. The van der Waals surface area contributed by atoms with Crippen LogP contribution >= 0.6 is 214 Å². The van der Waals surface area contributed by atoms with Gasteiger partial charge in [0.05, 0.1) is 67.8 Å². The van der Waals surface area contributed by atoms with E-state index in [0.717, 1.165) is 41.3 Å². The molecule has 46 heteroatoms. The highest BCUT2D eigenvalue weighted by molar-refractivity contribution is 14.1. The minimum atomic E-state index is -6.12. The Hall–Kier alpha value is -5.63. The first-order valence-corrected chi connectivity index (χ1v) is 56.5. The van der Waals surface area contributed by atoms with Crippen molar-refractivity contribution in [1.29, 1.82) is 0 Å². The summed E-state index contributed by atoms with van der Waals surface area (Å²) in [6, 6.07) is 79.8. The van der Waals surface area contributed by atoms with Crippen molar-refractivity contribution in [2.45, 2.75) is 83.8 Å². The highest BCUT2D eigenvalue weighted by atomic mass is 127. The molecule has 0 spiro atoms. The molecule has 0 amide bonds. The van der Waals surface area contributed by atoms with Gasteiger partial charge in [-0.05, 0) is 387 Å². The summed E-state index contributed by atoms with van der Waals surface area (Å²) in [5, 5.41) is -7.19. The maximum atomic E-state index is 13.8. The summed E-state index contributed by atoms with van der Waals surface area (Å²) in [5.74, 6) is -14.1. The lowest BCUT2D eigenvalue weighted by molar-refractivity contribution is -0.197. The zero-order valence-corrected chi connectivity index (χ0v) is 92.9. The number of hydrogen-bond donors (Lipinski definition) is 0. The standard InChI is InChI=1S/C19H15F2I3O9S.C18H12F3S.C18H13F2S.C18H13S.C10H6F3I3O5S.C8H3F2I3O5S/c1-5(19(20,21)34(28,29)30)31-17(26)11-7-4-8-12(11)18(27)33-15(8)14(7)32-16(25)9-2-6(22)3-10(23)13(9)24;19-13-1-7-16(8-2-13)22(17-9-3-14(20)4-10-17)18-11-5-15(21)6-12-18;19-14-11-15(20)13-18(12-14)21(16-7-3-1-4-8-16)17-9-5-2-6-10-17;1-2-8-14(9-3-1)19-17-12-6-4-10-15(17)16-11-5-7-13-18(16)19;11-10(12,13)7(3-22(18,19)20)21-9(17)5-1-4(14)2-6(15)8(5)16;9-8(10,19(15,16)17)7(14)18-6-4(12)1-3(11)2-5(6)13/h2-3,5,7-8,11-12,14-15H,4H2,1H3,(H,28,29,30);1-12H;1-13H;1-13H;1-2,7H,3H2,(H,18,19,20);1-2H,(H,15,16,17)/q;3*+1;;/p-3. The Labute approximate surface area is 906 Å². The fraction of sp³-hybridized carbons (Fsp3) is 0.154. The van der Waals surface area contributed by atoms with Crippen molar-refractivity contribution in [3.05, 3.63) is 339 Å². The molecule has 3 aliphatic rings. The molecule has 137 heavy (non-hydrogen) atoms. The fourth-order valence-corrected chi connectivity index (χ4v) is 30.5. The number of carbonyl (C=O) groups is 5. The van der Waals surface area contributed by atoms with Crippen molar-refractivity contribution in [2.24, 2.45) is 23.7 Å². The monoisotopic (exact) mass is 3020 g/mol. The second-order valence-corrected chi connectivity index (χ2v) is 49.9. The van der Waals surface area contributed by atoms with Gasteiger partial charge < -0.3 is 37.3 Å². The molecular weight excluding hydrogens is 2960 g/mol. The van der Waals surface area contributed by atoms with Crippen LogP contribution in [0.15, 0.2) is 296 Å². The van der Waals surface area contributed by atoms with Crippen LogP contribution in [-0.2, 0) is 85.5 Å². The molecule has 2 heterocycles. The molecule has 8 atom stereocenters. The first-order chi connectivity index (χ1) is 64.2. The Morgan fingerprint density at radius 3 is 1.26 bits per heavy atom. The zero-order chi connectivity index (χ0) is 100. The van der Waals surface area contributed by atoms with E-state index in [1.54, 1.807) is 116 Å². The van der Waals surface area contributed by atoms with Crippen LogP contribution in [0, 0.1) is 84.9 Å². The molecule has 0 N–H and O–H groups in total. The number of rotatable bonds is 20. The number of ether oxygens (including phenoxy) is 5. The van der Waals surface area contributed by atoms with Gasteiger partial charge in [-0.25, -0.2) is 61.6 Å². The largest absolute Gasteiger partial charge is 0.748 e. The summed E-state index contributed by atoms with van der Waals surface area (Å²) >= 11 is 17.1. The molecule has 16 rings (SSSR count). The summed E-state index contributed by atoms with van der Waals surface area (Å²) in [6.45, 7) is 0.578. The SMILES string of the molecule is CC(OC(=O)C1C2CC3C(OC(=O)C31)C2OC(=O)c1cc(I)cc(I)c1I)C(F)(F)S(=O)(=O)[O-].Fc1cc(F)cc([S+](c2ccccc2)c2ccccc2)c1.Fc1ccc([S+](c2ccc(F)cc2)c2ccc(F)cc2)cc1.O=C(OC(CS(=O)(=O)[O-])C(F)(F)F)c1cc(I)cc(I)c1I.O=C(Oc1c(I)cc(I)cc1I)C(F)(F)S(=O)(=O)[O-].c1ccc(-[s+]2c3ccccc3c3ccccc32)cc1. The molecule has 2 bridgehead atoms. The normalized spacial score (nSPS) is 16.5. The lowest BCUT2D eigenvalue weighted by Crippen LogP contribution is -2.47. The predicted molar refractivity (Wildman–Crippen MR) is 560 cm³/mol. The molecule has 12 aromatic carbocycles. The van der Waals surface area contributed by atoms with Crippen LogP contribution < -0.4 is 4.74 Å². The van der Waals surface area contributed by atoms with Gasteiger partial charge in [-0.15, -0.1) is 0 Å². The molecule has 3 fully saturated rings. The van der Waals surface area contributed by atoms with Crippen molar-refractivity contribution in [3.8, 4) is 10.6 Å². The van der Waals surface area contributed by atoms with E-state index < -0.39 is 164 Å². The number of halogens is 21. The molecule has 720 valence electrons. The molecule has 13 aromatic rings. The first kappa shape index (κ1) is 112. The molecule has 2 aliphatic carbocycles. The van der Waals surface area contributed by atoms with Crippen LogP contribution in [-0.4, -0.2) is 116 Å². The minimum Gasteiger partial charge on any atom is -0.748 e. The van der Waals surface area contributed by atoms with Gasteiger partial charge in [0.1, 0.15) is 41.3 Å². The van der Waals surface area contributed by atoms with Crippen LogP contribution in [0.5, 0.6) is 5.75 Å². The number of hydrogen-bond acceptors (Lipinski definition) is 19.